The molecule has 24 heavy (non-hydrogen) atoms. The minimum atomic E-state index is 0.561. The molecule has 2 rings (SSSR count). The number of likely N-dealkylation sites (N-methyl/N-ethyl adjacent to an activating group) is 1. The molecule has 0 bridgehead atoms. The highest BCUT2D eigenvalue weighted by molar-refractivity contribution is 5.79. The molecule has 0 aromatic carbocycles. The fraction of sp³-hybridized carbons (Fsp3) is 0.778. The van der Waals surface area contributed by atoms with Gasteiger partial charge in [0, 0.05) is 32.4 Å². The van der Waals surface area contributed by atoms with Crippen molar-refractivity contribution in [1.29, 1.82) is 0 Å². The molecule has 1 atom stereocenters. The van der Waals surface area contributed by atoms with Gasteiger partial charge >= 0.3 is 0 Å². The van der Waals surface area contributed by atoms with Gasteiger partial charge in [-0.2, -0.15) is 5.10 Å². The van der Waals surface area contributed by atoms with Crippen LogP contribution in [0.1, 0.15) is 44.7 Å². The van der Waals surface area contributed by atoms with Gasteiger partial charge in [-0.1, -0.05) is 19.3 Å². The van der Waals surface area contributed by atoms with Gasteiger partial charge in [0.2, 0.25) is 0 Å². The Morgan fingerprint density at radius 2 is 2.08 bits per heavy atom. The number of hydrogen-bond donors (Lipinski definition) is 2. The molecule has 1 heterocycles. The fourth-order valence-corrected chi connectivity index (χ4v) is 3.55. The smallest absolute Gasteiger partial charge is 0.191 e. The van der Waals surface area contributed by atoms with Crippen LogP contribution in [-0.4, -0.2) is 53.9 Å². The van der Waals surface area contributed by atoms with Gasteiger partial charge < -0.3 is 15.5 Å². The highest BCUT2D eigenvalue weighted by Gasteiger charge is 2.25. The summed E-state index contributed by atoms with van der Waals surface area (Å²) < 4.78 is 1.87. The predicted molar refractivity (Wildman–Crippen MR) is 100 cm³/mol. The van der Waals surface area contributed by atoms with Crippen LogP contribution in [0.5, 0.6) is 0 Å². The summed E-state index contributed by atoms with van der Waals surface area (Å²) >= 11 is 0. The maximum atomic E-state index is 4.71. The average molecular weight is 335 g/mol. The third kappa shape index (κ3) is 5.51. The minimum absolute atomic E-state index is 0.561. The van der Waals surface area contributed by atoms with Gasteiger partial charge in [0.05, 0.1) is 12.2 Å². The Hall–Kier alpha value is -1.56. The first kappa shape index (κ1) is 18.8. The molecule has 0 saturated heterocycles. The molecular formula is C18H34N6. The number of guanidine groups is 1. The standard InChI is InChI=1S/C18H34N6/c1-5-19-18(20-13-16-11-12-22-24(16)4)21-14-17(23(2)3)15-9-7-6-8-10-15/h11-12,15,17H,5-10,13-14H2,1-4H3,(H2,19,20,21). The van der Waals surface area contributed by atoms with Gasteiger partial charge in [0.15, 0.2) is 5.96 Å². The summed E-state index contributed by atoms with van der Waals surface area (Å²) in [6, 6.07) is 2.57. The first-order valence-electron chi connectivity index (χ1n) is 9.27. The van der Waals surface area contributed by atoms with Crippen LogP contribution in [0.25, 0.3) is 0 Å². The number of nitrogens with one attached hydrogen (secondary N) is 2. The summed E-state index contributed by atoms with van der Waals surface area (Å²) in [7, 11) is 6.34. The van der Waals surface area contributed by atoms with E-state index in [0.29, 0.717) is 12.6 Å². The predicted octanol–water partition coefficient (Wildman–Crippen LogP) is 1.99. The fourth-order valence-electron chi connectivity index (χ4n) is 3.55. The lowest BCUT2D eigenvalue weighted by Gasteiger charge is -2.35. The minimum Gasteiger partial charge on any atom is -0.357 e. The van der Waals surface area contributed by atoms with E-state index in [-0.39, 0.29) is 0 Å². The molecule has 0 radical (unpaired) electrons. The molecule has 0 amide bonds. The van der Waals surface area contributed by atoms with E-state index in [1.165, 1.54) is 32.1 Å². The van der Waals surface area contributed by atoms with Crippen molar-refractivity contribution in [2.24, 2.45) is 18.0 Å². The molecule has 0 spiro atoms. The monoisotopic (exact) mass is 334 g/mol. The van der Waals surface area contributed by atoms with Crippen LogP contribution in [0.2, 0.25) is 0 Å². The van der Waals surface area contributed by atoms with E-state index >= 15 is 0 Å². The van der Waals surface area contributed by atoms with E-state index in [2.05, 4.69) is 41.7 Å². The Labute approximate surface area is 146 Å². The molecule has 2 N–H and O–H groups in total. The molecule has 1 aromatic heterocycles. The van der Waals surface area contributed by atoms with Crippen LogP contribution in [0, 0.1) is 5.92 Å². The van der Waals surface area contributed by atoms with Crippen LogP contribution >= 0.6 is 0 Å². The van der Waals surface area contributed by atoms with Crippen molar-refractivity contribution in [3.05, 3.63) is 18.0 Å². The first-order chi connectivity index (χ1) is 11.6. The van der Waals surface area contributed by atoms with E-state index in [1.807, 2.05) is 24.0 Å². The lowest BCUT2D eigenvalue weighted by molar-refractivity contribution is 0.171. The number of nitrogens with zero attached hydrogens (tertiary/aromatic N) is 4. The average Bonchev–Trinajstić information content (AvgIpc) is 2.98. The van der Waals surface area contributed by atoms with Gasteiger partial charge in [-0.25, -0.2) is 4.99 Å². The van der Waals surface area contributed by atoms with Crippen molar-refractivity contribution < 1.29 is 0 Å². The number of aliphatic imine (C=N–C) groups is 1. The molecule has 1 saturated carbocycles. The molecular weight excluding hydrogens is 300 g/mol. The summed E-state index contributed by atoms with van der Waals surface area (Å²) in [5, 5.41) is 11.1. The van der Waals surface area contributed by atoms with Gasteiger partial charge in [0.1, 0.15) is 0 Å². The first-order valence-corrected chi connectivity index (χ1v) is 9.27. The zero-order valence-electron chi connectivity index (χ0n) is 15.8. The summed E-state index contributed by atoms with van der Waals surface area (Å²) in [6.45, 7) is 4.55. The van der Waals surface area contributed by atoms with E-state index in [0.717, 1.165) is 30.7 Å². The van der Waals surface area contributed by atoms with Gasteiger partial charge in [-0.15, -0.1) is 0 Å². The van der Waals surface area contributed by atoms with Crippen molar-refractivity contribution in [1.82, 2.24) is 25.3 Å². The van der Waals surface area contributed by atoms with Crippen LogP contribution in [0.4, 0.5) is 0 Å². The Morgan fingerprint density at radius 1 is 1.33 bits per heavy atom. The third-order valence-corrected chi connectivity index (χ3v) is 5.00. The maximum absolute atomic E-state index is 4.71. The van der Waals surface area contributed by atoms with Crippen molar-refractivity contribution >= 4 is 5.96 Å². The number of aryl methyl sites for hydroxylation is 1. The van der Waals surface area contributed by atoms with Gasteiger partial charge in [0.25, 0.3) is 0 Å². The Morgan fingerprint density at radius 3 is 2.67 bits per heavy atom. The third-order valence-electron chi connectivity index (χ3n) is 5.00. The molecule has 6 heteroatoms. The molecule has 1 unspecified atom stereocenters. The summed E-state index contributed by atoms with van der Waals surface area (Å²) in [5.74, 6) is 1.68. The van der Waals surface area contributed by atoms with Crippen LogP contribution in [-0.2, 0) is 13.6 Å². The van der Waals surface area contributed by atoms with E-state index in [1.54, 1.807) is 0 Å². The largest absolute Gasteiger partial charge is 0.357 e. The quantitative estimate of drug-likeness (QED) is 0.591. The zero-order chi connectivity index (χ0) is 17.4. The van der Waals surface area contributed by atoms with Crippen molar-refractivity contribution in [3.8, 4) is 0 Å². The lowest BCUT2D eigenvalue weighted by Crippen LogP contribution is -2.48. The summed E-state index contributed by atoms with van der Waals surface area (Å²) in [4.78, 5) is 7.08. The van der Waals surface area contributed by atoms with E-state index < -0.39 is 0 Å². The molecule has 6 nitrogen and oxygen atoms in total. The second-order valence-electron chi connectivity index (χ2n) is 6.95. The maximum Gasteiger partial charge on any atom is 0.191 e. The van der Waals surface area contributed by atoms with Crippen LogP contribution < -0.4 is 10.6 Å². The summed E-state index contributed by atoms with van der Waals surface area (Å²) in [6.07, 6.45) is 8.68. The molecule has 1 fully saturated rings. The van der Waals surface area contributed by atoms with Crippen molar-refractivity contribution in [3.63, 3.8) is 0 Å². The van der Waals surface area contributed by atoms with Crippen molar-refractivity contribution in [2.75, 3.05) is 27.2 Å². The van der Waals surface area contributed by atoms with Gasteiger partial charge in [-0.05, 0) is 45.8 Å². The Bertz CT molecular complexity index is 501. The molecule has 1 aliphatic carbocycles. The van der Waals surface area contributed by atoms with Crippen LogP contribution in [0.3, 0.4) is 0 Å². The van der Waals surface area contributed by atoms with Crippen molar-refractivity contribution in [2.45, 2.75) is 51.6 Å². The second-order valence-corrected chi connectivity index (χ2v) is 6.95. The number of rotatable bonds is 7. The number of aromatic nitrogens is 2. The molecule has 0 aliphatic heterocycles. The second kappa shape index (κ2) is 9.67. The Balaban J connectivity index is 1.93. The van der Waals surface area contributed by atoms with Crippen LogP contribution in [0.15, 0.2) is 17.3 Å². The lowest BCUT2D eigenvalue weighted by atomic mass is 9.83. The highest BCUT2D eigenvalue weighted by atomic mass is 15.3. The molecule has 1 aromatic rings. The SMILES string of the molecule is CCNC(=NCc1ccnn1C)NCC(C1CCCCC1)N(C)C. The van der Waals surface area contributed by atoms with Gasteiger partial charge in [-0.3, -0.25) is 4.68 Å². The highest BCUT2D eigenvalue weighted by Crippen LogP contribution is 2.28. The molecule has 1 aliphatic rings. The summed E-state index contributed by atoms with van der Waals surface area (Å²) in [5.41, 5.74) is 1.11. The van der Waals surface area contributed by atoms with E-state index in [4.69, 9.17) is 4.99 Å². The Kier molecular flexibility index (Phi) is 7.56. The van der Waals surface area contributed by atoms with E-state index in [9.17, 15) is 0 Å². The molecule has 136 valence electrons. The zero-order valence-corrected chi connectivity index (χ0v) is 15.8. The number of hydrogen-bond acceptors (Lipinski definition) is 3. The topological polar surface area (TPSA) is 57.5 Å². The normalized spacial score (nSPS) is 18.0.